The van der Waals surface area contributed by atoms with E-state index in [0.29, 0.717) is 0 Å². The molecule has 0 radical (unpaired) electrons. The van der Waals surface area contributed by atoms with E-state index in [0.717, 1.165) is 5.70 Å². The fraction of sp³-hybridized carbons (Fsp3) is 0.0455. The molecule has 1 atom stereocenters. The molecular weight excluding hydrogens is 587 g/mol. The Bertz CT molecular complexity index is 2750. The summed E-state index contributed by atoms with van der Waals surface area (Å²) in [5, 5.41) is 12.1. The maximum atomic E-state index is 2.50. The number of allylic oxidation sites excluding steroid dienone is 6. The summed E-state index contributed by atoms with van der Waals surface area (Å²) >= 11 is 0. The van der Waals surface area contributed by atoms with Gasteiger partial charge in [0.05, 0.1) is 22.1 Å². The summed E-state index contributed by atoms with van der Waals surface area (Å²) in [7, 11) is -0.656. The predicted molar refractivity (Wildman–Crippen MR) is 207 cm³/mol. The molecule has 6 aromatic carbocycles. The lowest BCUT2D eigenvalue weighted by Crippen LogP contribution is -1.96. The van der Waals surface area contributed by atoms with Crippen LogP contribution >= 0.6 is 7.53 Å². The van der Waals surface area contributed by atoms with Crippen molar-refractivity contribution in [2.45, 2.75) is 13.8 Å². The Kier molecular flexibility index (Phi) is 6.52. The molecule has 3 heterocycles. The van der Waals surface area contributed by atoms with Gasteiger partial charge in [-0.1, -0.05) is 117 Å². The number of benzene rings is 6. The molecule has 0 amide bonds. The van der Waals surface area contributed by atoms with E-state index in [1.807, 2.05) is 0 Å². The zero-order valence-electron chi connectivity index (χ0n) is 26.4. The molecule has 0 fully saturated rings. The monoisotopic (exact) mass is 620 g/mol. The minimum absolute atomic E-state index is 0.656. The minimum Gasteiger partial charge on any atom is -0.309 e. The fourth-order valence-corrected chi connectivity index (χ4v) is 10.1. The normalized spacial score (nSPS) is 13.2. The topological polar surface area (TPSA) is 9.86 Å². The van der Waals surface area contributed by atoms with Gasteiger partial charge in [-0.05, 0) is 84.5 Å². The second-order valence-electron chi connectivity index (χ2n) is 12.1. The number of para-hydroxylation sites is 2. The first-order valence-corrected chi connectivity index (χ1v) is 17.6. The molecule has 0 aliphatic heterocycles. The predicted octanol–water partition coefficient (Wildman–Crippen LogP) is 13.2. The van der Waals surface area contributed by atoms with Crippen molar-refractivity contribution in [3.05, 3.63) is 164 Å². The van der Waals surface area contributed by atoms with E-state index >= 15 is 0 Å². The van der Waals surface area contributed by atoms with E-state index in [1.54, 1.807) is 0 Å². The van der Waals surface area contributed by atoms with Crippen LogP contribution in [0.25, 0.3) is 81.3 Å². The maximum Gasteiger partial charge on any atom is 0.0550 e. The van der Waals surface area contributed by atoms with Crippen molar-refractivity contribution < 1.29 is 0 Å². The highest BCUT2D eigenvalue weighted by Gasteiger charge is 2.20. The van der Waals surface area contributed by atoms with Crippen LogP contribution in [-0.2, 0) is 0 Å². The van der Waals surface area contributed by atoms with E-state index in [1.165, 1.54) is 75.6 Å². The first-order valence-electron chi connectivity index (χ1n) is 16.3. The van der Waals surface area contributed by atoms with E-state index in [-0.39, 0.29) is 0 Å². The van der Waals surface area contributed by atoms with Crippen LogP contribution in [0.1, 0.15) is 13.8 Å². The number of aromatic nitrogens is 2. The van der Waals surface area contributed by atoms with Gasteiger partial charge in [-0.2, -0.15) is 0 Å². The third-order valence-electron chi connectivity index (χ3n) is 9.45. The largest absolute Gasteiger partial charge is 0.309 e. The summed E-state index contributed by atoms with van der Waals surface area (Å²) < 4.78 is 4.87. The lowest BCUT2D eigenvalue weighted by Gasteiger charge is -2.11. The number of hydrogen-bond acceptors (Lipinski definition) is 0. The van der Waals surface area contributed by atoms with Gasteiger partial charge in [0.1, 0.15) is 0 Å². The molecule has 0 N–H and O–H groups in total. The van der Waals surface area contributed by atoms with Gasteiger partial charge >= 0.3 is 0 Å². The highest BCUT2D eigenvalue weighted by Crippen LogP contribution is 2.56. The average Bonchev–Trinajstić information content (AvgIpc) is 3.74. The van der Waals surface area contributed by atoms with Crippen molar-refractivity contribution in [3.63, 3.8) is 0 Å². The van der Waals surface area contributed by atoms with Crippen LogP contribution in [0.5, 0.6) is 0 Å². The second kappa shape index (κ2) is 11.1. The summed E-state index contributed by atoms with van der Waals surface area (Å²) in [4.78, 5) is 0. The molecule has 0 aliphatic carbocycles. The highest BCUT2D eigenvalue weighted by atomic mass is 31.1. The van der Waals surface area contributed by atoms with Gasteiger partial charge < -0.3 is 9.13 Å². The van der Waals surface area contributed by atoms with Crippen LogP contribution < -0.4 is 0 Å². The summed E-state index contributed by atoms with van der Waals surface area (Å²) in [6.45, 7) is 4.14. The van der Waals surface area contributed by atoms with E-state index in [2.05, 4.69) is 187 Å². The zero-order chi connectivity index (χ0) is 31.5. The molecule has 224 valence electrons. The van der Waals surface area contributed by atoms with E-state index < -0.39 is 7.53 Å². The number of rotatable bonds is 5. The highest BCUT2D eigenvalue weighted by molar-refractivity contribution is 7.67. The molecule has 3 heteroatoms. The third-order valence-corrected chi connectivity index (χ3v) is 12.0. The van der Waals surface area contributed by atoms with Gasteiger partial charge in [0.25, 0.3) is 0 Å². The quantitative estimate of drug-likeness (QED) is 0.169. The first kappa shape index (κ1) is 27.7. The summed E-state index contributed by atoms with van der Waals surface area (Å²) in [6.07, 6.45) is 10.7. The SMILES string of the molecule is C\C=C/C=C(\C=C/C)n1c2ccccc2c2cc(-n3c4ccccc4c4cc5c6ccccc6p(-c6ccccc6)c5cc43)ccc21. The fourth-order valence-electron chi connectivity index (χ4n) is 7.51. The maximum absolute atomic E-state index is 2.50. The van der Waals surface area contributed by atoms with Crippen LogP contribution in [0.15, 0.2) is 164 Å². The van der Waals surface area contributed by atoms with E-state index in [4.69, 9.17) is 0 Å². The van der Waals surface area contributed by atoms with Gasteiger partial charge in [-0.25, -0.2) is 0 Å². The van der Waals surface area contributed by atoms with Crippen molar-refractivity contribution >= 4 is 77.9 Å². The van der Waals surface area contributed by atoms with Gasteiger partial charge in [-0.3, -0.25) is 0 Å². The Morgan fingerprint density at radius 1 is 0.511 bits per heavy atom. The van der Waals surface area contributed by atoms with Gasteiger partial charge in [0.2, 0.25) is 0 Å². The average molecular weight is 621 g/mol. The molecule has 1 unspecified atom stereocenters. The Morgan fingerprint density at radius 3 is 1.96 bits per heavy atom. The van der Waals surface area contributed by atoms with Gasteiger partial charge in [0, 0.05) is 43.2 Å². The zero-order valence-corrected chi connectivity index (χ0v) is 27.3. The Balaban J connectivity index is 1.38. The second-order valence-corrected chi connectivity index (χ2v) is 14.2. The van der Waals surface area contributed by atoms with Crippen molar-refractivity contribution in [1.29, 1.82) is 0 Å². The summed E-state index contributed by atoms with van der Waals surface area (Å²) in [5.41, 5.74) is 7.22. The lowest BCUT2D eigenvalue weighted by atomic mass is 10.1. The molecular formula is C44H33N2P. The third kappa shape index (κ3) is 4.19. The minimum atomic E-state index is -0.656. The van der Waals surface area contributed by atoms with E-state index in [9.17, 15) is 0 Å². The van der Waals surface area contributed by atoms with Crippen LogP contribution in [0, 0.1) is 0 Å². The summed E-state index contributed by atoms with van der Waals surface area (Å²) in [6, 6.07) is 49.7. The van der Waals surface area contributed by atoms with Gasteiger partial charge in [-0.15, -0.1) is 0 Å². The molecule has 0 saturated heterocycles. The van der Waals surface area contributed by atoms with Crippen LogP contribution in [-0.4, -0.2) is 9.13 Å². The van der Waals surface area contributed by atoms with Crippen LogP contribution in [0.3, 0.4) is 0 Å². The molecule has 9 rings (SSSR count). The molecule has 3 aromatic heterocycles. The molecule has 0 bridgehead atoms. The molecule has 47 heavy (non-hydrogen) atoms. The van der Waals surface area contributed by atoms with Gasteiger partial charge in [0.15, 0.2) is 0 Å². The number of hydrogen-bond donors (Lipinski definition) is 0. The number of nitrogens with zero attached hydrogens (tertiary/aromatic N) is 2. The molecule has 0 saturated carbocycles. The summed E-state index contributed by atoms with van der Waals surface area (Å²) in [5.74, 6) is 0. The first-order chi connectivity index (χ1) is 23.3. The number of fused-ring (bicyclic) bond motifs is 9. The molecule has 2 nitrogen and oxygen atoms in total. The standard InChI is InChI=1S/C44H33N2P/c1-3-5-16-30(15-4-2)45-39-22-12-9-19-33(39)36-27-31(25-26-41(36)45)46-40-23-13-10-20-34(40)37-28-38-35-21-11-14-24-43(35)47(44(38)29-42(37)46)32-17-7-6-8-18-32/h3-29H,1-2H3/b5-3-,15-4-,30-16+. The molecule has 0 aliphatic rings. The van der Waals surface area contributed by atoms with Crippen molar-refractivity contribution in [2.75, 3.05) is 0 Å². The smallest absolute Gasteiger partial charge is 0.0550 e. The Hall–Kier alpha value is -5.56. The van der Waals surface area contributed by atoms with Crippen molar-refractivity contribution in [1.82, 2.24) is 9.13 Å². The van der Waals surface area contributed by atoms with Crippen molar-refractivity contribution in [3.8, 4) is 11.0 Å². The van der Waals surface area contributed by atoms with Crippen molar-refractivity contribution in [2.24, 2.45) is 0 Å². The van der Waals surface area contributed by atoms with Crippen LogP contribution in [0.4, 0.5) is 0 Å². The Labute approximate surface area is 274 Å². The Morgan fingerprint density at radius 2 is 1.17 bits per heavy atom. The molecule has 0 spiro atoms. The molecule has 9 aromatic rings. The van der Waals surface area contributed by atoms with Crippen LogP contribution in [0.2, 0.25) is 0 Å². The lowest BCUT2D eigenvalue weighted by molar-refractivity contribution is 1.18.